The third kappa shape index (κ3) is 9.88. The van der Waals surface area contributed by atoms with E-state index in [-0.39, 0.29) is 30.7 Å². The molecule has 2 rings (SSSR count). The summed E-state index contributed by atoms with van der Waals surface area (Å²) < 4.78 is 0. The van der Waals surface area contributed by atoms with Crippen molar-refractivity contribution in [3.63, 3.8) is 0 Å². The minimum absolute atomic E-state index is 0.109. The van der Waals surface area contributed by atoms with Gasteiger partial charge >= 0.3 is 0 Å². The summed E-state index contributed by atoms with van der Waals surface area (Å²) in [4.78, 5) is 34.9. The van der Waals surface area contributed by atoms with E-state index in [9.17, 15) is 14.4 Å². The molecule has 6 nitrogen and oxygen atoms in total. The summed E-state index contributed by atoms with van der Waals surface area (Å²) in [7, 11) is 1.98. The molecule has 0 aromatic heterocycles. The Bertz CT molecular complexity index is 816. The van der Waals surface area contributed by atoms with Crippen molar-refractivity contribution in [2.24, 2.45) is 5.92 Å². The number of amides is 2. The molecule has 0 saturated carbocycles. The van der Waals surface area contributed by atoms with Crippen LogP contribution in [-0.2, 0) is 9.59 Å². The van der Waals surface area contributed by atoms with Gasteiger partial charge in [0, 0.05) is 30.5 Å². The van der Waals surface area contributed by atoms with Crippen molar-refractivity contribution >= 4 is 18.1 Å². The second-order valence-corrected chi connectivity index (χ2v) is 8.01. The fourth-order valence-electron chi connectivity index (χ4n) is 2.65. The highest BCUT2D eigenvalue weighted by molar-refractivity contribution is 5.95. The molecule has 3 N–H and O–H groups in total. The van der Waals surface area contributed by atoms with Crippen LogP contribution < -0.4 is 16.0 Å². The SMILES string of the molecule is CC(C)C(=O)NCC(CC=O)NC(=O)c1ccc(-c2ccccc2)cc1.CCC(C)NC. The van der Waals surface area contributed by atoms with Crippen LogP contribution in [0.15, 0.2) is 54.6 Å². The lowest BCUT2D eigenvalue weighted by molar-refractivity contribution is -0.124. The van der Waals surface area contributed by atoms with Crippen molar-refractivity contribution < 1.29 is 14.4 Å². The molecule has 2 aromatic rings. The van der Waals surface area contributed by atoms with E-state index >= 15 is 0 Å². The van der Waals surface area contributed by atoms with Gasteiger partial charge in [0.2, 0.25) is 5.91 Å². The van der Waals surface area contributed by atoms with Crippen LogP contribution in [0, 0.1) is 5.92 Å². The van der Waals surface area contributed by atoms with Crippen LogP contribution in [0.25, 0.3) is 11.1 Å². The van der Waals surface area contributed by atoms with E-state index in [0.29, 0.717) is 11.6 Å². The van der Waals surface area contributed by atoms with Gasteiger partial charge in [0.05, 0.1) is 6.04 Å². The Kier molecular flexibility index (Phi) is 12.6. The van der Waals surface area contributed by atoms with E-state index in [4.69, 9.17) is 0 Å². The molecule has 2 unspecified atom stereocenters. The fourth-order valence-corrected chi connectivity index (χ4v) is 2.65. The lowest BCUT2D eigenvalue weighted by atomic mass is 10.0. The molecule has 0 fully saturated rings. The van der Waals surface area contributed by atoms with Crippen LogP contribution in [0.5, 0.6) is 0 Å². The summed E-state index contributed by atoms with van der Waals surface area (Å²) in [5, 5.41) is 8.66. The van der Waals surface area contributed by atoms with Gasteiger partial charge in [-0.1, -0.05) is 63.2 Å². The van der Waals surface area contributed by atoms with Gasteiger partial charge in [0.15, 0.2) is 0 Å². The van der Waals surface area contributed by atoms with Gasteiger partial charge in [0.1, 0.15) is 6.29 Å². The maximum Gasteiger partial charge on any atom is 0.251 e. The number of hydrogen-bond acceptors (Lipinski definition) is 4. The molecule has 0 radical (unpaired) electrons. The second kappa shape index (κ2) is 14.9. The standard InChI is InChI=1S/C21H24N2O3.C5H13N/c1-15(2)20(25)22-14-19(12-13-24)23-21(26)18-10-8-17(9-11-18)16-6-4-3-5-7-16;1-4-5(2)6-3/h3-11,13,15,19H,12,14H2,1-2H3,(H,22,25)(H,23,26);5-6H,4H2,1-3H3. The molecule has 0 aliphatic heterocycles. The van der Waals surface area contributed by atoms with Crippen LogP contribution in [0.3, 0.4) is 0 Å². The Hall–Kier alpha value is -2.99. The molecule has 32 heavy (non-hydrogen) atoms. The topological polar surface area (TPSA) is 87.3 Å². The molecule has 0 bridgehead atoms. The van der Waals surface area contributed by atoms with Gasteiger partial charge < -0.3 is 20.7 Å². The molecule has 0 aliphatic rings. The number of carbonyl (C=O) groups excluding carboxylic acids is 3. The number of aldehydes is 1. The lowest BCUT2D eigenvalue weighted by Gasteiger charge is -2.18. The number of benzene rings is 2. The number of hydrogen-bond donors (Lipinski definition) is 3. The number of nitrogens with one attached hydrogen (secondary N) is 3. The monoisotopic (exact) mass is 439 g/mol. The molecule has 0 aliphatic carbocycles. The van der Waals surface area contributed by atoms with Gasteiger partial charge in [-0.25, -0.2) is 0 Å². The van der Waals surface area contributed by atoms with Crippen molar-refractivity contribution in [1.29, 1.82) is 0 Å². The fraction of sp³-hybridized carbons (Fsp3) is 0.423. The summed E-state index contributed by atoms with van der Waals surface area (Å²) in [6.07, 6.45) is 2.10. The Morgan fingerprint density at radius 2 is 1.53 bits per heavy atom. The molecule has 2 aromatic carbocycles. The van der Waals surface area contributed by atoms with E-state index < -0.39 is 6.04 Å². The zero-order valence-electron chi connectivity index (χ0n) is 19.9. The summed E-state index contributed by atoms with van der Waals surface area (Å²) in [6, 6.07) is 17.4. The average molecular weight is 440 g/mol. The molecule has 0 spiro atoms. The molecular weight excluding hydrogens is 402 g/mol. The van der Waals surface area contributed by atoms with E-state index in [1.165, 1.54) is 6.42 Å². The predicted octanol–water partition coefficient (Wildman–Crippen LogP) is 3.82. The minimum atomic E-state index is -0.434. The summed E-state index contributed by atoms with van der Waals surface area (Å²) in [6.45, 7) is 8.14. The van der Waals surface area contributed by atoms with Crippen LogP contribution in [0.4, 0.5) is 0 Å². The van der Waals surface area contributed by atoms with Crippen molar-refractivity contribution in [3.8, 4) is 11.1 Å². The third-order valence-corrected chi connectivity index (χ3v) is 5.12. The molecule has 174 valence electrons. The quantitative estimate of drug-likeness (QED) is 0.491. The van der Waals surface area contributed by atoms with Crippen molar-refractivity contribution in [3.05, 3.63) is 60.2 Å². The Labute approximate surface area is 192 Å². The Morgan fingerprint density at radius 1 is 0.938 bits per heavy atom. The highest BCUT2D eigenvalue weighted by Crippen LogP contribution is 2.19. The van der Waals surface area contributed by atoms with Gasteiger partial charge in [0.25, 0.3) is 5.91 Å². The molecular formula is C26H37N3O3. The molecule has 6 heteroatoms. The zero-order valence-corrected chi connectivity index (χ0v) is 19.9. The van der Waals surface area contributed by atoms with Crippen LogP contribution >= 0.6 is 0 Å². The van der Waals surface area contributed by atoms with E-state index in [2.05, 4.69) is 29.8 Å². The largest absolute Gasteiger partial charge is 0.354 e. The third-order valence-electron chi connectivity index (χ3n) is 5.12. The minimum Gasteiger partial charge on any atom is -0.354 e. The Morgan fingerprint density at radius 3 is 2.00 bits per heavy atom. The predicted molar refractivity (Wildman–Crippen MR) is 130 cm³/mol. The first-order chi connectivity index (χ1) is 15.3. The highest BCUT2D eigenvalue weighted by atomic mass is 16.2. The smallest absolute Gasteiger partial charge is 0.251 e. The first kappa shape index (κ1) is 27.0. The van der Waals surface area contributed by atoms with Crippen molar-refractivity contribution in [2.45, 2.75) is 52.6 Å². The molecule has 0 heterocycles. The van der Waals surface area contributed by atoms with Gasteiger partial charge in [-0.05, 0) is 43.7 Å². The van der Waals surface area contributed by atoms with Crippen LogP contribution in [0.2, 0.25) is 0 Å². The van der Waals surface area contributed by atoms with E-state index in [1.807, 2.05) is 49.5 Å². The van der Waals surface area contributed by atoms with Crippen molar-refractivity contribution in [1.82, 2.24) is 16.0 Å². The lowest BCUT2D eigenvalue weighted by Crippen LogP contribution is -2.44. The second-order valence-electron chi connectivity index (χ2n) is 8.01. The molecule has 2 amide bonds. The van der Waals surface area contributed by atoms with E-state index in [1.54, 1.807) is 26.0 Å². The van der Waals surface area contributed by atoms with Gasteiger partial charge in [-0.2, -0.15) is 0 Å². The normalized spacial score (nSPS) is 12.2. The molecule has 0 saturated heterocycles. The highest BCUT2D eigenvalue weighted by Gasteiger charge is 2.15. The van der Waals surface area contributed by atoms with Crippen LogP contribution in [-0.4, -0.2) is 43.8 Å². The maximum atomic E-state index is 12.4. The molecule has 2 atom stereocenters. The summed E-state index contributed by atoms with van der Waals surface area (Å²) in [5.74, 6) is -0.522. The zero-order chi connectivity index (χ0) is 23.9. The summed E-state index contributed by atoms with van der Waals surface area (Å²) >= 11 is 0. The van der Waals surface area contributed by atoms with Gasteiger partial charge in [-0.3, -0.25) is 9.59 Å². The first-order valence-corrected chi connectivity index (χ1v) is 11.2. The number of carbonyl (C=O) groups is 3. The summed E-state index contributed by atoms with van der Waals surface area (Å²) in [5.41, 5.74) is 2.61. The van der Waals surface area contributed by atoms with Crippen molar-refractivity contribution in [2.75, 3.05) is 13.6 Å². The maximum absolute atomic E-state index is 12.4. The average Bonchev–Trinajstić information content (AvgIpc) is 2.82. The number of rotatable bonds is 10. The Balaban J connectivity index is 0.000000751. The van der Waals surface area contributed by atoms with Crippen LogP contribution in [0.1, 0.15) is 50.9 Å². The van der Waals surface area contributed by atoms with E-state index in [0.717, 1.165) is 17.4 Å². The van der Waals surface area contributed by atoms with Gasteiger partial charge in [-0.15, -0.1) is 0 Å². The first-order valence-electron chi connectivity index (χ1n) is 11.2.